The molecule has 0 radical (unpaired) electrons. The maximum Gasteiger partial charge on any atom is 0.262 e. The van der Waals surface area contributed by atoms with Crippen molar-refractivity contribution < 1.29 is 4.79 Å². The minimum absolute atomic E-state index is 0.0279. The monoisotopic (exact) mass is 487 g/mol. The number of benzene rings is 2. The molecule has 3 rings (SSSR count). The predicted octanol–water partition coefficient (Wildman–Crippen LogP) is 5.65. The van der Waals surface area contributed by atoms with Crippen LogP contribution in [0, 0.1) is 4.77 Å². The summed E-state index contributed by atoms with van der Waals surface area (Å²) in [6.45, 7) is 2.62. The second-order valence-electron chi connectivity index (χ2n) is 7.32. The summed E-state index contributed by atoms with van der Waals surface area (Å²) in [7, 11) is 0. The molecule has 0 saturated carbocycles. The first kappa shape index (κ1) is 22.4. The molecule has 1 heterocycles. The molecule has 1 atom stereocenters. The zero-order valence-corrected chi connectivity index (χ0v) is 19.4. The molecule has 3 aromatic rings. The van der Waals surface area contributed by atoms with Crippen LogP contribution in [-0.4, -0.2) is 15.5 Å². The van der Waals surface area contributed by atoms with Gasteiger partial charge in [0.05, 0.1) is 16.9 Å². The van der Waals surface area contributed by atoms with Crippen LogP contribution in [0.3, 0.4) is 0 Å². The van der Waals surface area contributed by atoms with Crippen molar-refractivity contribution in [3.05, 3.63) is 73.7 Å². The Morgan fingerprint density at radius 3 is 2.60 bits per heavy atom. The molecule has 0 aliphatic carbocycles. The normalized spacial score (nSPS) is 12.1. The van der Waals surface area contributed by atoms with Gasteiger partial charge < -0.3 is 10.3 Å². The van der Waals surface area contributed by atoms with Crippen LogP contribution in [0.5, 0.6) is 0 Å². The maximum atomic E-state index is 12.6. The Morgan fingerprint density at radius 1 is 1.13 bits per heavy atom. The van der Waals surface area contributed by atoms with E-state index in [0.717, 1.165) is 41.2 Å². The lowest BCUT2D eigenvalue weighted by Crippen LogP contribution is -2.27. The van der Waals surface area contributed by atoms with Crippen LogP contribution in [0.4, 0.5) is 0 Å². The second-order valence-corrected chi connectivity index (χ2v) is 8.63. The first-order chi connectivity index (χ1) is 14.5. The van der Waals surface area contributed by atoms with Crippen molar-refractivity contribution in [2.45, 2.75) is 51.6 Å². The van der Waals surface area contributed by atoms with E-state index in [1.165, 1.54) is 0 Å². The Labute approximate surface area is 189 Å². The van der Waals surface area contributed by atoms with E-state index in [4.69, 9.17) is 12.2 Å². The number of carbonyl (C=O) groups excluding carboxylic acids is 1. The van der Waals surface area contributed by atoms with E-state index < -0.39 is 0 Å². The van der Waals surface area contributed by atoms with Crippen molar-refractivity contribution in [3.8, 4) is 0 Å². The number of unbranched alkanes of at least 4 members (excludes halogenated alkanes) is 2. The quantitative estimate of drug-likeness (QED) is 0.302. The van der Waals surface area contributed by atoms with Crippen LogP contribution in [0.1, 0.15) is 50.6 Å². The van der Waals surface area contributed by atoms with Gasteiger partial charge in [0.2, 0.25) is 5.91 Å². The van der Waals surface area contributed by atoms with Crippen molar-refractivity contribution in [2.75, 3.05) is 0 Å². The first-order valence-electron chi connectivity index (χ1n) is 10.3. The molecule has 0 spiro atoms. The smallest absolute Gasteiger partial charge is 0.262 e. The van der Waals surface area contributed by atoms with Crippen LogP contribution < -0.4 is 10.9 Å². The number of aromatic nitrogens is 2. The molecule has 30 heavy (non-hydrogen) atoms. The third-order valence-electron chi connectivity index (χ3n) is 5.19. The molecule has 5 nitrogen and oxygen atoms in total. The van der Waals surface area contributed by atoms with Gasteiger partial charge in [-0.25, -0.2) is 0 Å². The van der Waals surface area contributed by atoms with Crippen molar-refractivity contribution >= 4 is 45.0 Å². The van der Waals surface area contributed by atoms with Crippen LogP contribution in [0.25, 0.3) is 10.9 Å². The van der Waals surface area contributed by atoms with Gasteiger partial charge in [0.25, 0.3) is 5.56 Å². The zero-order chi connectivity index (χ0) is 21.5. The molecule has 0 bridgehead atoms. The van der Waals surface area contributed by atoms with E-state index in [1.807, 2.05) is 42.5 Å². The number of nitrogens with one attached hydrogen (secondary N) is 2. The topological polar surface area (TPSA) is 66.9 Å². The first-order valence-corrected chi connectivity index (χ1v) is 11.5. The van der Waals surface area contributed by atoms with Gasteiger partial charge in [-0.1, -0.05) is 53.5 Å². The highest BCUT2D eigenvalue weighted by molar-refractivity contribution is 9.10. The maximum absolute atomic E-state index is 12.6. The van der Waals surface area contributed by atoms with Gasteiger partial charge >= 0.3 is 0 Å². The third-order valence-corrected chi connectivity index (χ3v) is 6.04. The number of hydrogen-bond donors (Lipinski definition) is 2. The van der Waals surface area contributed by atoms with Crippen molar-refractivity contribution in [3.63, 3.8) is 0 Å². The van der Waals surface area contributed by atoms with Gasteiger partial charge in [0.15, 0.2) is 4.77 Å². The standard InChI is InChI=1S/C23H26BrN3O2S/c1-2-19(16-11-13-17(24)14-12-16)25-21(28)10-4-3-7-15-27-22(29)18-8-5-6-9-20(18)26-23(27)30/h5-6,8-9,11-14,19H,2-4,7,10,15H2,1H3,(H,25,28)(H,26,30). The number of H-pyrrole nitrogens is 1. The lowest BCUT2D eigenvalue weighted by atomic mass is 10.0. The lowest BCUT2D eigenvalue weighted by molar-refractivity contribution is -0.122. The van der Waals surface area contributed by atoms with Gasteiger partial charge in [-0.2, -0.15) is 0 Å². The highest BCUT2D eigenvalue weighted by Crippen LogP contribution is 2.19. The van der Waals surface area contributed by atoms with E-state index >= 15 is 0 Å². The minimum atomic E-state index is -0.0626. The minimum Gasteiger partial charge on any atom is -0.349 e. The average Bonchev–Trinajstić information content (AvgIpc) is 2.74. The highest BCUT2D eigenvalue weighted by atomic mass is 79.9. The number of para-hydroxylation sites is 1. The summed E-state index contributed by atoms with van der Waals surface area (Å²) in [5, 5.41) is 3.76. The summed E-state index contributed by atoms with van der Waals surface area (Å²) < 4.78 is 3.08. The van der Waals surface area contributed by atoms with E-state index in [0.29, 0.717) is 23.1 Å². The second kappa shape index (κ2) is 10.7. The fourth-order valence-electron chi connectivity index (χ4n) is 3.52. The Balaban J connectivity index is 1.48. The number of fused-ring (bicyclic) bond motifs is 1. The largest absolute Gasteiger partial charge is 0.349 e. The molecule has 1 aromatic heterocycles. The van der Waals surface area contributed by atoms with E-state index in [-0.39, 0.29) is 17.5 Å². The molecule has 0 aliphatic rings. The summed E-state index contributed by atoms with van der Waals surface area (Å²) >= 11 is 8.78. The van der Waals surface area contributed by atoms with Gasteiger partial charge in [-0.05, 0) is 61.3 Å². The van der Waals surface area contributed by atoms with Gasteiger partial charge in [0, 0.05) is 17.4 Å². The Kier molecular flexibility index (Phi) is 7.99. The zero-order valence-electron chi connectivity index (χ0n) is 17.0. The Bertz CT molecular complexity index is 1120. The third kappa shape index (κ3) is 5.67. The van der Waals surface area contributed by atoms with Gasteiger partial charge in [-0.15, -0.1) is 0 Å². The van der Waals surface area contributed by atoms with Crippen molar-refractivity contribution in [1.29, 1.82) is 0 Å². The van der Waals surface area contributed by atoms with E-state index in [2.05, 4.69) is 33.2 Å². The fraction of sp³-hybridized carbons (Fsp3) is 0.348. The van der Waals surface area contributed by atoms with Crippen molar-refractivity contribution in [2.24, 2.45) is 0 Å². The molecule has 0 aliphatic heterocycles. The van der Waals surface area contributed by atoms with Gasteiger partial charge in [0.1, 0.15) is 0 Å². The van der Waals surface area contributed by atoms with Crippen molar-refractivity contribution in [1.82, 2.24) is 14.9 Å². The molecule has 1 unspecified atom stereocenters. The summed E-state index contributed by atoms with van der Waals surface area (Å²) in [5.41, 5.74) is 1.81. The summed E-state index contributed by atoms with van der Waals surface area (Å²) in [6.07, 6.45) is 3.76. The molecule has 1 amide bonds. The molecule has 0 fully saturated rings. The summed E-state index contributed by atoms with van der Waals surface area (Å²) in [4.78, 5) is 28.1. The fourth-order valence-corrected chi connectivity index (χ4v) is 4.07. The Morgan fingerprint density at radius 2 is 1.87 bits per heavy atom. The number of carbonyl (C=O) groups is 1. The van der Waals surface area contributed by atoms with E-state index in [9.17, 15) is 9.59 Å². The number of aromatic amines is 1. The van der Waals surface area contributed by atoms with Crippen LogP contribution in [0.15, 0.2) is 57.8 Å². The molecular formula is C23H26BrN3O2S. The predicted molar refractivity (Wildman–Crippen MR) is 127 cm³/mol. The van der Waals surface area contributed by atoms with E-state index in [1.54, 1.807) is 10.6 Å². The number of hydrogen-bond acceptors (Lipinski definition) is 3. The molecule has 158 valence electrons. The van der Waals surface area contributed by atoms with Gasteiger partial charge in [-0.3, -0.25) is 14.2 Å². The van der Waals surface area contributed by atoms with Crippen LogP contribution in [-0.2, 0) is 11.3 Å². The number of halogens is 1. The highest BCUT2D eigenvalue weighted by Gasteiger charge is 2.12. The molecule has 0 saturated heterocycles. The molecular weight excluding hydrogens is 462 g/mol. The van der Waals surface area contributed by atoms with Crippen LogP contribution >= 0.6 is 28.1 Å². The summed E-state index contributed by atoms with van der Waals surface area (Å²) in [6, 6.07) is 15.5. The molecule has 2 aromatic carbocycles. The molecule has 7 heteroatoms. The van der Waals surface area contributed by atoms with Crippen LogP contribution in [0.2, 0.25) is 0 Å². The number of amides is 1. The SMILES string of the molecule is CCC(NC(=O)CCCCCn1c(=S)[nH]c2ccccc2c1=O)c1ccc(Br)cc1. The molecule has 2 N–H and O–H groups in total. The number of rotatable bonds is 9. The average molecular weight is 488 g/mol. The Hall–Kier alpha value is -2.25. The number of nitrogens with zero attached hydrogens (tertiary/aromatic N) is 1. The summed E-state index contributed by atoms with van der Waals surface area (Å²) in [5.74, 6) is 0.0601. The lowest BCUT2D eigenvalue weighted by Gasteiger charge is -2.17.